The molecule has 2 rings (SSSR count). The van der Waals surface area contributed by atoms with Crippen molar-refractivity contribution in [1.29, 1.82) is 0 Å². The largest absolute Gasteiger partial charge is 0.328 e. The lowest BCUT2D eigenvalue weighted by atomic mass is 10.0. The second-order valence-electron chi connectivity index (χ2n) is 4.35. The van der Waals surface area contributed by atoms with E-state index in [9.17, 15) is 4.79 Å². The maximum absolute atomic E-state index is 11.9. The van der Waals surface area contributed by atoms with E-state index < -0.39 is 0 Å². The molecule has 0 radical (unpaired) electrons. The number of carbonyl (C=O) groups is 1. The Kier molecular flexibility index (Phi) is 3.49. The molecule has 0 fully saturated rings. The summed E-state index contributed by atoms with van der Waals surface area (Å²) in [5.74, 6) is 0.146. The molecular formula is C14H16N2O. The molecule has 1 heterocycles. The number of ketones is 1. The maximum Gasteiger partial charge on any atom is 0.162 e. The molecule has 88 valence electrons. The van der Waals surface area contributed by atoms with Crippen LogP contribution in [0.15, 0.2) is 36.5 Å². The Labute approximate surface area is 101 Å². The van der Waals surface area contributed by atoms with Crippen molar-refractivity contribution in [2.75, 3.05) is 0 Å². The fourth-order valence-corrected chi connectivity index (χ4v) is 1.75. The van der Waals surface area contributed by atoms with Crippen molar-refractivity contribution in [3.8, 4) is 0 Å². The zero-order valence-corrected chi connectivity index (χ0v) is 9.89. The molecule has 0 saturated heterocycles. The second-order valence-corrected chi connectivity index (χ2v) is 4.35. The summed E-state index contributed by atoms with van der Waals surface area (Å²) in [6.07, 6.45) is 2.98. The maximum atomic E-state index is 11.9. The average molecular weight is 228 g/mol. The minimum atomic E-state index is 0.0704. The van der Waals surface area contributed by atoms with Gasteiger partial charge in [0, 0.05) is 29.6 Å². The first-order chi connectivity index (χ1) is 8.16. The molecule has 2 N–H and O–H groups in total. The summed E-state index contributed by atoms with van der Waals surface area (Å²) < 4.78 is 0. The third-order valence-corrected chi connectivity index (χ3v) is 2.75. The van der Waals surface area contributed by atoms with Crippen LogP contribution in [0.3, 0.4) is 0 Å². The number of nitrogens with zero attached hydrogens (tertiary/aromatic N) is 1. The lowest BCUT2D eigenvalue weighted by Gasteiger charge is -2.05. The van der Waals surface area contributed by atoms with Gasteiger partial charge in [0.1, 0.15) is 0 Å². The molecule has 0 aliphatic rings. The monoisotopic (exact) mass is 228 g/mol. The molecule has 0 bridgehead atoms. The molecule has 0 aliphatic carbocycles. The number of aromatic nitrogens is 1. The predicted octanol–water partition coefficient (Wildman–Crippen LogP) is 2.54. The van der Waals surface area contributed by atoms with Gasteiger partial charge in [-0.1, -0.05) is 6.07 Å². The Balaban J connectivity index is 2.21. The van der Waals surface area contributed by atoms with E-state index in [4.69, 9.17) is 5.73 Å². The Morgan fingerprint density at radius 1 is 1.41 bits per heavy atom. The van der Waals surface area contributed by atoms with Gasteiger partial charge in [-0.15, -0.1) is 0 Å². The molecule has 0 spiro atoms. The highest BCUT2D eigenvalue weighted by Crippen LogP contribution is 2.15. The molecule has 3 nitrogen and oxygen atoms in total. The minimum Gasteiger partial charge on any atom is -0.328 e. The number of carbonyl (C=O) groups excluding carboxylic acids is 1. The van der Waals surface area contributed by atoms with Crippen molar-refractivity contribution in [2.45, 2.75) is 25.8 Å². The first kappa shape index (κ1) is 11.7. The Morgan fingerprint density at radius 3 is 3.00 bits per heavy atom. The van der Waals surface area contributed by atoms with Gasteiger partial charge < -0.3 is 5.73 Å². The van der Waals surface area contributed by atoms with Crippen LogP contribution < -0.4 is 5.73 Å². The van der Waals surface area contributed by atoms with Crippen LogP contribution in [0, 0.1) is 0 Å². The topological polar surface area (TPSA) is 56.0 Å². The van der Waals surface area contributed by atoms with Gasteiger partial charge in [0.05, 0.1) is 5.52 Å². The molecule has 17 heavy (non-hydrogen) atoms. The molecule has 2 aromatic rings. The van der Waals surface area contributed by atoms with Gasteiger partial charge >= 0.3 is 0 Å². The van der Waals surface area contributed by atoms with E-state index in [0.717, 1.165) is 22.9 Å². The minimum absolute atomic E-state index is 0.0704. The quantitative estimate of drug-likeness (QED) is 0.818. The molecule has 1 aromatic carbocycles. The SMILES string of the molecule is CC(N)CCC(=O)c1ccc2ncccc2c1. The Hall–Kier alpha value is -1.74. The third kappa shape index (κ3) is 2.88. The van der Waals surface area contributed by atoms with E-state index in [-0.39, 0.29) is 11.8 Å². The number of nitrogens with two attached hydrogens (primary N) is 1. The van der Waals surface area contributed by atoms with Crippen LogP contribution in [0.1, 0.15) is 30.1 Å². The van der Waals surface area contributed by atoms with Crippen LogP contribution in [-0.4, -0.2) is 16.8 Å². The summed E-state index contributed by atoms with van der Waals surface area (Å²) in [5, 5.41) is 0.999. The molecule has 0 amide bonds. The second kappa shape index (κ2) is 5.06. The summed E-state index contributed by atoms with van der Waals surface area (Å²) in [6, 6.07) is 9.52. The fraction of sp³-hybridized carbons (Fsp3) is 0.286. The number of hydrogen-bond donors (Lipinski definition) is 1. The predicted molar refractivity (Wildman–Crippen MR) is 69.0 cm³/mol. The van der Waals surface area contributed by atoms with Crippen LogP contribution in [0.2, 0.25) is 0 Å². The number of rotatable bonds is 4. The third-order valence-electron chi connectivity index (χ3n) is 2.75. The van der Waals surface area contributed by atoms with Gasteiger partial charge in [-0.05, 0) is 37.6 Å². The number of benzene rings is 1. The number of hydrogen-bond acceptors (Lipinski definition) is 3. The van der Waals surface area contributed by atoms with Crippen LogP contribution in [0.4, 0.5) is 0 Å². The van der Waals surface area contributed by atoms with E-state index in [0.29, 0.717) is 6.42 Å². The molecule has 1 unspecified atom stereocenters. The first-order valence-corrected chi connectivity index (χ1v) is 5.80. The zero-order valence-electron chi connectivity index (χ0n) is 9.89. The number of pyridine rings is 1. The van der Waals surface area contributed by atoms with Gasteiger partial charge in [0.2, 0.25) is 0 Å². The van der Waals surface area contributed by atoms with Crippen molar-refractivity contribution in [3.05, 3.63) is 42.1 Å². The van der Waals surface area contributed by atoms with E-state index in [1.807, 2.05) is 37.3 Å². The summed E-state index contributed by atoms with van der Waals surface area (Å²) in [5.41, 5.74) is 7.30. The molecule has 1 aromatic heterocycles. The summed E-state index contributed by atoms with van der Waals surface area (Å²) in [4.78, 5) is 16.1. The molecule has 3 heteroatoms. The average Bonchev–Trinajstić information content (AvgIpc) is 2.35. The van der Waals surface area contributed by atoms with Crippen LogP contribution >= 0.6 is 0 Å². The highest BCUT2D eigenvalue weighted by molar-refractivity contribution is 5.99. The van der Waals surface area contributed by atoms with E-state index >= 15 is 0 Å². The molecule has 0 aliphatic heterocycles. The van der Waals surface area contributed by atoms with Crippen molar-refractivity contribution in [3.63, 3.8) is 0 Å². The van der Waals surface area contributed by atoms with Crippen LogP contribution in [0.5, 0.6) is 0 Å². The Morgan fingerprint density at radius 2 is 2.24 bits per heavy atom. The van der Waals surface area contributed by atoms with Crippen molar-refractivity contribution in [2.24, 2.45) is 5.73 Å². The Bertz CT molecular complexity index is 534. The first-order valence-electron chi connectivity index (χ1n) is 5.80. The van der Waals surface area contributed by atoms with Crippen molar-refractivity contribution in [1.82, 2.24) is 4.98 Å². The van der Waals surface area contributed by atoms with Gasteiger partial charge in [0.25, 0.3) is 0 Å². The van der Waals surface area contributed by atoms with Crippen molar-refractivity contribution < 1.29 is 4.79 Å². The summed E-state index contributed by atoms with van der Waals surface area (Å²) in [7, 11) is 0. The molecular weight excluding hydrogens is 212 g/mol. The van der Waals surface area contributed by atoms with Gasteiger partial charge in [-0.25, -0.2) is 0 Å². The van der Waals surface area contributed by atoms with E-state index in [1.54, 1.807) is 6.20 Å². The van der Waals surface area contributed by atoms with Crippen LogP contribution in [-0.2, 0) is 0 Å². The van der Waals surface area contributed by atoms with Crippen molar-refractivity contribution >= 4 is 16.7 Å². The normalized spacial score (nSPS) is 12.6. The summed E-state index contributed by atoms with van der Waals surface area (Å²) >= 11 is 0. The summed E-state index contributed by atoms with van der Waals surface area (Å²) in [6.45, 7) is 1.91. The molecule has 1 atom stereocenters. The fourth-order valence-electron chi connectivity index (χ4n) is 1.75. The van der Waals surface area contributed by atoms with Crippen LogP contribution in [0.25, 0.3) is 10.9 Å². The standard InChI is InChI=1S/C14H16N2O/c1-10(15)4-7-14(17)12-5-6-13-11(9-12)3-2-8-16-13/h2-3,5-6,8-10H,4,7,15H2,1H3. The van der Waals surface area contributed by atoms with Gasteiger partial charge in [-0.3, -0.25) is 9.78 Å². The molecule has 0 saturated carbocycles. The zero-order chi connectivity index (χ0) is 12.3. The number of Topliss-reactive ketones (excluding diaryl/α,β-unsaturated/α-hetero) is 1. The highest BCUT2D eigenvalue weighted by atomic mass is 16.1. The van der Waals surface area contributed by atoms with E-state index in [2.05, 4.69) is 4.98 Å². The number of fused-ring (bicyclic) bond motifs is 1. The smallest absolute Gasteiger partial charge is 0.162 e. The highest BCUT2D eigenvalue weighted by Gasteiger charge is 2.07. The van der Waals surface area contributed by atoms with Gasteiger partial charge in [0.15, 0.2) is 5.78 Å². The van der Waals surface area contributed by atoms with Gasteiger partial charge in [-0.2, -0.15) is 0 Å². The van der Waals surface area contributed by atoms with E-state index in [1.165, 1.54) is 0 Å². The lowest BCUT2D eigenvalue weighted by Crippen LogP contribution is -2.16. The lowest BCUT2D eigenvalue weighted by molar-refractivity contribution is 0.0978.